The number of anilines is 1. The quantitative estimate of drug-likeness (QED) is 0.415. The molecule has 3 heterocycles. The Bertz CT molecular complexity index is 1170. The van der Waals surface area contributed by atoms with Crippen LogP contribution in [0.2, 0.25) is 0 Å². The Morgan fingerprint density at radius 2 is 1.75 bits per heavy atom. The zero-order valence-corrected chi connectivity index (χ0v) is 18.0. The fraction of sp³-hybridized carbons (Fsp3) is 0.269. The van der Waals surface area contributed by atoms with Crippen LogP contribution in [0.25, 0.3) is 5.57 Å². The minimum absolute atomic E-state index is 0.153. The molecule has 0 aromatic heterocycles. The third-order valence-electron chi connectivity index (χ3n) is 6.80. The van der Waals surface area contributed by atoms with Gasteiger partial charge in [0.15, 0.2) is 5.78 Å². The second-order valence-corrected chi connectivity index (χ2v) is 8.43. The standard InChI is InChI=1S/C26H24N2O4/c1-4-13-27-25(30)21-20-14-15(2)18-7-5-6-8-19(18)28(20)23(22(21)26(27)31)24(29)16-9-11-17(32-3)12-10-16/h4-12,14,20-23H,1,13H2,2-3H3/t20-,21-,22-,23-/m0/s1. The molecule has 2 aromatic rings. The fourth-order valence-corrected chi connectivity index (χ4v) is 5.39. The minimum atomic E-state index is -0.768. The van der Waals surface area contributed by atoms with Crippen molar-refractivity contribution in [2.24, 2.45) is 11.8 Å². The predicted octanol–water partition coefficient (Wildman–Crippen LogP) is 3.34. The number of allylic oxidation sites excluding steroid dienone is 1. The Morgan fingerprint density at radius 1 is 1.06 bits per heavy atom. The number of hydrogen-bond acceptors (Lipinski definition) is 5. The van der Waals surface area contributed by atoms with Gasteiger partial charge in [-0.1, -0.05) is 30.4 Å². The third kappa shape index (κ3) is 2.75. The number of likely N-dealkylation sites (tertiary alicyclic amines) is 1. The molecule has 2 saturated heterocycles. The molecule has 0 aliphatic carbocycles. The van der Waals surface area contributed by atoms with E-state index in [9.17, 15) is 14.4 Å². The second kappa shape index (κ2) is 7.48. The van der Waals surface area contributed by atoms with Crippen LogP contribution in [0, 0.1) is 11.8 Å². The van der Waals surface area contributed by atoms with Crippen LogP contribution in [0.5, 0.6) is 5.75 Å². The Morgan fingerprint density at radius 3 is 2.44 bits per heavy atom. The molecule has 0 saturated carbocycles. The van der Waals surface area contributed by atoms with Crippen LogP contribution < -0.4 is 9.64 Å². The molecule has 3 aliphatic rings. The summed E-state index contributed by atoms with van der Waals surface area (Å²) in [4.78, 5) is 43.8. The number of fused-ring (bicyclic) bond motifs is 5. The lowest BCUT2D eigenvalue weighted by molar-refractivity contribution is -0.139. The number of ether oxygens (including phenoxy) is 1. The van der Waals surface area contributed by atoms with Crippen molar-refractivity contribution in [1.82, 2.24) is 4.90 Å². The van der Waals surface area contributed by atoms with Gasteiger partial charge in [-0.2, -0.15) is 0 Å². The van der Waals surface area contributed by atoms with Gasteiger partial charge in [-0.15, -0.1) is 6.58 Å². The Balaban J connectivity index is 1.66. The van der Waals surface area contributed by atoms with Gasteiger partial charge in [0.2, 0.25) is 11.8 Å². The molecule has 0 N–H and O–H groups in total. The molecule has 2 fully saturated rings. The van der Waals surface area contributed by atoms with Crippen LogP contribution in [-0.2, 0) is 9.59 Å². The van der Waals surface area contributed by atoms with E-state index in [4.69, 9.17) is 4.74 Å². The van der Waals surface area contributed by atoms with Crippen molar-refractivity contribution in [2.45, 2.75) is 19.0 Å². The number of para-hydroxylation sites is 1. The molecule has 0 spiro atoms. The summed E-state index contributed by atoms with van der Waals surface area (Å²) in [6.45, 7) is 5.84. The Kier molecular flexibility index (Phi) is 4.73. The van der Waals surface area contributed by atoms with Crippen molar-refractivity contribution in [3.05, 3.63) is 78.4 Å². The van der Waals surface area contributed by atoms with E-state index in [1.54, 1.807) is 37.5 Å². The van der Waals surface area contributed by atoms with Gasteiger partial charge in [0.1, 0.15) is 11.8 Å². The lowest BCUT2D eigenvalue weighted by Crippen LogP contribution is -2.49. The molecule has 2 amide bonds. The first kappa shape index (κ1) is 20.2. The number of rotatable bonds is 5. The van der Waals surface area contributed by atoms with E-state index in [1.807, 2.05) is 42.2 Å². The number of benzene rings is 2. The molecule has 6 heteroatoms. The first-order valence-corrected chi connectivity index (χ1v) is 10.7. The number of hydrogen-bond donors (Lipinski definition) is 0. The van der Waals surface area contributed by atoms with Crippen LogP contribution in [-0.4, -0.2) is 48.2 Å². The van der Waals surface area contributed by atoms with Crippen LogP contribution in [0.4, 0.5) is 5.69 Å². The van der Waals surface area contributed by atoms with Crippen molar-refractivity contribution in [3.63, 3.8) is 0 Å². The first-order chi connectivity index (χ1) is 15.5. The highest BCUT2D eigenvalue weighted by atomic mass is 16.5. The van der Waals surface area contributed by atoms with Gasteiger partial charge < -0.3 is 9.64 Å². The molecule has 2 aromatic carbocycles. The molecule has 5 rings (SSSR count). The van der Waals surface area contributed by atoms with Crippen molar-refractivity contribution < 1.29 is 19.1 Å². The number of carbonyl (C=O) groups is 3. The van der Waals surface area contributed by atoms with Gasteiger partial charge >= 0.3 is 0 Å². The molecule has 0 bridgehead atoms. The van der Waals surface area contributed by atoms with Crippen molar-refractivity contribution in [3.8, 4) is 5.75 Å². The van der Waals surface area contributed by atoms with E-state index in [0.29, 0.717) is 11.3 Å². The first-order valence-electron chi connectivity index (χ1n) is 10.7. The molecule has 4 atom stereocenters. The highest BCUT2D eigenvalue weighted by molar-refractivity contribution is 6.14. The van der Waals surface area contributed by atoms with E-state index in [0.717, 1.165) is 16.8 Å². The van der Waals surface area contributed by atoms with E-state index in [1.165, 1.54) is 4.90 Å². The number of amides is 2. The summed E-state index contributed by atoms with van der Waals surface area (Å²) in [5, 5.41) is 0. The summed E-state index contributed by atoms with van der Waals surface area (Å²) in [6.07, 6.45) is 3.58. The molecule has 162 valence electrons. The third-order valence-corrected chi connectivity index (χ3v) is 6.80. The normalized spacial score (nSPS) is 25.8. The summed E-state index contributed by atoms with van der Waals surface area (Å²) < 4.78 is 5.22. The molecular formula is C26H24N2O4. The number of imide groups is 1. The monoisotopic (exact) mass is 428 g/mol. The smallest absolute Gasteiger partial charge is 0.236 e. The highest BCUT2D eigenvalue weighted by Crippen LogP contribution is 2.50. The topological polar surface area (TPSA) is 66.9 Å². The summed E-state index contributed by atoms with van der Waals surface area (Å²) in [5.41, 5.74) is 3.43. The van der Waals surface area contributed by atoms with E-state index >= 15 is 0 Å². The maximum atomic E-state index is 13.8. The summed E-state index contributed by atoms with van der Waals surface area (Å²) >= 11 is 0. The molecule has 6 nitrogen and oxygen atoms in total. The zero-order valence-electron chi connectivity index (χ0n) is 18.0. The maximum Gasteiger partial charge on any atom is 0.236 e. The van der Waals surface area contributed by atoms with Gasteiger partial charge in [0.05, 0.1) is 25.0 Å². The van der Waals surface area contributed by atoms with Gasteiger partial charge in [-0.05, 0) is 42.8 Å². The lowest BCUT2D eigenvalue weighted by Gasteiger charge is -2.38. The number of Topliss-reactive ketones (excluding diaryl/α,β-unsaturated/α-hetero) is 1. The van der Waals surface area contributed by atoms with Gasteiger partial charge in [-0.25, -0.2) is 0 Å². The fourth-order valence-electron chi connectivity index (χ4n) is 5.39. The van der Waals surface area contributed by atoms with E-state index in [-0.39, 0.29) is 30.2 Å². The van der Waals surface area contributed by atoms with Crippen molar-refractivity contribution in [2.75, 3.05) is 18.6 Å². The van der Waals surface area contributed by atoms with E-state index < -0.39 is 17.9 Å². The van der Waals surface area contributed by atoms with Crippen molar-refractivity contribution >= 4 is 28.9 Å². The van der Waals surface area contributed by atoms with Crippen LogP contribution in [0.1, 0.15) is 22.8 Å². The van der Waals surface area contributed by atoms with Gasteiger partial charge in [0, 0.05) is 23.4 Å². The van der Waals surface area contributed by atoms with Crippen LogP contribution in [0.3, 0.4) is 0 Å². The largest absolute Gasteiger partial charge is 0.497 e. The average Bonchev–Trinajstić information content (AvgIpc) is 3.27. The van der Waals surface area contributed by atoms with Crippen LogP contribution in [0.15, 0.2) is 67.3 Å². The molecule has 3 aliphatic heterocycles. The summed E-state index contributed by atoms with van der Waals surface area (Å²) in [5.74, 6) is -1.40. The number of ketones is 1. The Hall–Kier alpha value is -3.67. The lowest BCUT2D eigenvalue weighted by atomic mass is 9.85. The number of carbonyl (C=O) groups excluding carboxylic acids is 3. The van der Waals surface area contributed by atoms with E-state index in [2.05, 4.69) is 6.58 Å². The minimum Gasteiger partial charge on any atom is -0.497 e. The van der Waals surface area contributed by atoms with Gasteiger partial charge in [-0.3, -0.25) is 19.3 Å². The second-order valence-electron chi connectivity index (χ2n) is 8.43. The summed E-state index contributed by atoms with van der Waals surface area (Å²) in [7, 11) is 1.57. The van der Waals surface area contributed by atoms with Crippen molar-refractivity contribution in [1.29, 1.82) is 0 Å². The zero-order chi connectivity index (χ0) is 22.6. The highest BCUT2D eigenvalue weighted by Gasteiger charge is 2.64. The number of methoxy groups -OCH3 is 1. The average molecular weight is 428 g/mol. The van der Waals surface area contributed by atoms with Crippen LogP contribution >= 0.6 is 0 Å². The summed E-state index contributed by atoms with van der Waals surface area (Å²) in [6, 6.07) is 13.6. The Labute approximate surface area is 186 Å². The molecule has 0 unspecified atom stereocenters. The van der Waals surface area contributed by atoms with Gasteiger partial charge in [0.25, 0.3) is 0 Å². The number of nitrogens with zero attached hydrogens (tertiary/aromatic N) is 2. The molecule has 0 radical (unpaired) electrons. The molecule has 32 heavy (non-hydrogen) atoms. The molecular weight excluding hydrogens is 404 g/mol. The maximum absolute atomic E-state index is 13.8. The SMILES string of the molecule is C=CCN1C(=O)[C@@H]2[C@H](C1=O)[C@@H](C(=O)c1ccc(OC)cc1)N1c3ccccc3C(C)=C[C@@H]21. The predicted molar refractivity (Wildman–Crippen MR) is 121 cm³/mol.